The second-order valence-corrected chi connectivity index (χ2v) is 5.69. The van der Waals surface area contributed by atoms with Crippen molar-refractivity contribution in [2.75, 3.05) is 6.61 Å². The van der Waals surface area contributed by atoms with Crippen LogP contribution < -0.4 is 21.5 Å². The summed E-state index contributed by atoms with van der Waals surface area (Å²) in [6, 6.07) is 15.2. The molecule has 2 amide bonds. The number of fused-ring (bicyclic) bond motifs is 1. The molecular formula is C18H14ClN3O4. The van der Waals surface area contributed by atoms with Gasteiger partial charge in [0, 0.05) is 10.4 Å². The molecule has 0 aliphatic rings. The van der Waals surface area contributed by atoms with Crippen molar-refractivity contribution in [3.8, 4) is 5.75 Å². The van der Waals surface area contributed by atoms with Crippen LogP contribution >= 0.6 is 11.6 Å². The quantitative estimate of drug-likeness (QED) is 0.670. The number of primary amides is 1. The van der Waals surface area contributed by atoms with E-state index in [-0.39, 0.29) is 17.7 Å². The normalized spacial score (nSPS) is 11.3. The van der Waals surface area contributed by atoms with Gasteiger partial charge in [-0.15, -0.1) is 5.10 Å². The summed E-state index contributed by atoms with van der Waals surface area (Å²) in [5.41, 5.74) is 8.10. The van der Waals surface area contributed by atoms with Crippen molar-refractivity contribution in [2.45, 2.75) is 0 Å². The Labute approximate surface area is 153 Å². The van der Waals surface area contributed by atoms with Gasteiger partial charge in [-0.1, -0.05) is 29.8 Å². The molecule has 7 nitrogen and oxygen atoms in total. The zero-order valence-electron chi connectivity index (χ0n) is 13.4. The molecule has 0 unspecified atom stereocenters. The average molecular weight is 372 g/mol. The monoisotopic (exact) mass is 371 g/mol. The Kier molecular flexibility index (Phi) is 5.19. The van der Waals surface area contributed by atoms with Crippen LogP contribution in [0.5, 0.6) is 5.75 Å². The second-order valence-electron chi connectivity index (χ2n) is 5.26. The van der Waals surface area contributed by atoms with Gasteiger partial charge >= 0.3 is 0 Å². The second kappa shape index (κ2) is 7.71. The molecule has 3 aromatic rings. The van der Waals surface area contributed by atoms with Gasteiger partial charge in [0.05, 0.1) is 0 Å². The fourth-order valence-electron chi connectivity index (χ4n) is 2.15. The van der Waals surface area contributed by atoms with Crippen LogP contribution in [0, 0.1) is 0 Å². The van der Waals surface area contributed by atoms with Crippen LogP contribution in [0.4, 0.5) is 0 Å². The van der Waals surface area contributed by atoms with Crippen molar-refractivity contribution in [1.29, 1.82) is 0 Å². The van der Waals surface area contributed by atoms with E-state index in [1.54, 1.807) is 54.6 Å². The molecule has 3 N–H and O–H groups in total. The summed E-state index contributed by atoms with van der Waals surface area (Å²) in [6.07, 6.45) is 0. The van der Waals surface area contributed by atoms with Gasteiger partial charge in [0.1, 0.15) is 16.9 Å². The summed E-state index contributed by atoms with van der Waals surface area (Å²) in [6.45, 7) is -0.273. The molecule has 0 fully saturated rings. The summed E-state index contributed by atoms with van der Waals surface area (Å²) >= 11 is 5.78. The molecular weight excluding hydrogens is 358 g/mol. The zero-order valence-corrected chi connectivity index (χ0v) is 14.2. The average Bonchev–Trinajstić information content (AvgIpc) is 2.65. The first-order chi connectivity index (χ1) is 12.5. The Bertz CT molecular complexity index is 1030. The van der Waals surface area contributed by atoms with Crippen LogP contribution in [0.15, 0.2) is 64.1 Å². The highest BCUT2D eigenvalue weighted by Gasteiger charge is 2.10. The van der Waals surface area contributed by atoms with Gasteiger partial charge in [-0.3, -0.25) is 9.59 Å². The maximum Gasteiger partial charge on any atom is 0.278 e. The minimum atomic E-state index is -0.718. The number of benzene rings is 2. The molecule has 26 heavy (non-hydrogen) atoms. The maximum absolute atomic E-state index is 11.9. The number of rotatable bonds is 5. The van der Waals surface area contributed by atoms with Gasteiger partial charge in [-0.2, -0.15) is 0 Å². The summed E-state index contributed by atoms with van der Waals surface area (Å²) < 4.78 is 10.8. The number of amides is 2. The smallest absolute Gasteiger partial charge is 0.278 e. The number of para-hydroxylation sites is 1. The van der Waals surface area contributed by atoms with Crippen molar-refractivity contribution < 1.29 is 18.7 Å². The van der Waals surface area contributed by atoms with Gasteiger partial charge < -0.3 is 14.9 Å². The highest BCUT2D eigenvalue weighted by atomic mass is 35.5. The fraction of sp³-hybridized carbons (Fsp3) is 0.0556. The zero-order chi connectivity index (χ0) is 18.5. The molecule has 1 aromatic heterocycles. The van der Waals surface area contributed by atoms with Crippen LogP contribution in [-0.2, 0) is 4.79 Å². The standard InChI is InChI=1S/C18H14ClN3O4/c19-12-5-7-13(8-6-12)25-10-16(23)21-22-18-14(17(20)24)9-11-3-1-2-4-15(11)26-18/h1-9H,10H2,(H2,20,24)(H,21,23). The molecule has 0 saturated carbocycles. The lowest BCUT2D eigenvalue weighted by atomic mass is 10.2. The van der Waals surface area contributed by atoms with Crippen LogP contribution in [-0.4, -0.2) is 18.4 Å². The van der Waals surface area contributed by atoms with E-state index in [4.69, 9.17) is 26.5 Å². The molecule has 2 aromatic carbocycles. The first kappa shape index (κ1) is 17.5. The lowest BCUT2D eigenvalue weighted by Gasteiger charge is -2.05. The van der Waals surface area contributed by atoms with Gasteiger partial charge in [-0.25, -0.2) is 5.43 Å². The fourth-order valence-corrected chi connectivity index (χ4v) is 2.28. The first-order valence-electron chi connectivity index (χ1n) is 7.56. The van der Waals surface area contributed by atoms with Crippen LogP contribution in [0.3, 0.4) is 0 Å². The molecule has 8 heteroatoms. The van der Waals surface area contributed by atoms with Gasteiger partial charge in [0.15, 0.2) is 6.61 Å². The summed E-state index contributed by atoms with van der Waals surface area (Å²) in [7, 11) is 0. The number of hydrogen-bond donors (Lipinski definition) is 2. The topological polar surface area (TPSA) is 107 Å². The third-order valence-electron chi connectivity index (χ3n) is 3.39. The molecule has 132 valence electrons. The summed E-state index contributed by atoms with van der Waals surface area (Å²) in [5.74, 6) is -0.763. The summed E-state index contributed by atoms with van der Waals surface area (Å²) in [5, 5.41) is 5.09. The predicted molar refractivity (Wildman–Crippen MR) is 95.4 cm³/mol. The Balaban J connectivity index is 1.76. The Morgan fingerprint density at radius 2 is 1.88 bits per heavy atom. The van der Waals surface area contributed by atoms with E-state index in [0.29, 0.717) is 21.7 Å². The minimum absolute atomic E-state index is 0.0580. The number of carbonyl (C=O) groups excluding carboxylic acids is 2. The maximum atomic E-state index is 11.9. The Hall–Kier alpha value is -3.32. The largest absolute Gasteiger partial charge is 0.484 e. The molecule has 0 spiro atoms. The van der Waals surface area contributed by atoms with Gasteiger partial charge in [0.25, 0.3) is 11.8 Å². The molecule has 0 saturated heterocycles. The minimum Gasteiger partial charge on any atom is -0.484 e. The molecule has 0 bridgehead atoms. The van der Waals surface area contributed by atoms with Crippen molar-refractivity contribution >= 4 is 34.4 Å². The van der Waals surface area contributed by atoms with E-state index >= 15 is 0 Å². The molecule has 0 radical (unpaired) electrons. The number of hydrogen-bond acceptors (Lipinski definition) is 5. The number of nitrogens with zero attached hydrogens (tertiary/aromatic N) is 1. The number of nitrogens with one attached hydrogen (secondary N) is 1. The van der Waals surface area contributed by atoms with Crippen molar-refractivity contribution in [1.82, 2.24) is 5.43 Å². The van der Waals surface area contributed by atoms with E-state index in [9.17, 15) is 9.59 Å². The van der Waals surface area contributed by atoms with Crippen molar-refractivity contribution in [2.24, 2.45) is 10.8 Å². The number of halogens is 1. The van der Waals surface area contributed by atoms with Crippen LogP contribution in [0.1, 0.15) is 10.4 Å². The first-order valence-corrected chi connectivity index (χ1v) is 7.94. The van der Waals surface area contributed by atoms with E-state index in [2.05, 4.69) is 10.5 Å². The van der Waals surface area contributed by atoms with Crippen LogP contribution in [0.25, 0.3) is 11.0 Å². The van der Waals surface area contributed by atoms with Crippen molar-refractivity contribution in [3.05, 3.63) is 70.7 Å². The summed E-state index contributed by atoms with van der Waals surface area (Å²) in [4.78, 5) is 23.5. The Morgan fingerprint density at radius 3 is 2.62 bits per heavy atom. The van der Waals surface area contributed by atoms with Crippen molar-refractivity contribution in [3.63, 3.8) is 0 Å². The van der Waals surface area contributed by atoms with E-state index in [0.717, 1.165) is 0 Å². The highest BCUT2D eigenvalue weighted by molar-refractivity contribution is 6.30. The third kappa shape index (κ3) is 4.20. The van der Waals surface area contributed by atoms with Gasteiger partial charge in [-0.05, 0) is 36.4 Å². The predicted octanol–water partition coefficient (Wildman–Crippen LogP) is 2.20. The van der Waals surface area contributed by atoms with Gasteiger partial charge in [0.2, 0.25) is 5.55 Å². The Morgan fingerprint density at radius 1 is 1.15 bits per heavy atom. The highest BCUT2D eigenvalue weighted by Crippen LogP contribution is 2.15. The number of carbonyl (C=O) groups is 2. The van der Waals surface area contributed by atoms with E-state index in [1.807, 2.05) is 0 Å². The van der Waals surface area contributed by atoms with E-state index in [1.165, 1.54) is 0 Å². The molecule has 0 atom stereocenters. The number of nitrogens with two attached hydrogens (primary N) is 1. The molecule has 3 rings (SSSR count). The molecule has 0 aliphatic carbocycles. The molecule has 1 heterocycles. The lowest BCUT2D eigenvalue weighted by Crippen LogP contribution is -2.29. The van der Waals surface area contributed by atoms with E-state index < -0.39 is 11.8 Å². The SMILES string of the molecule is NC(=O)c1cc2ccccc2oc1=NNC(=O)COc1ccc(Cl)cc1. The number of ether oxygens (including phenoxy) is 1. The lowest BCUT2D eigenvalue weighted by molar-refractivity contribution is -0.123. The van der Waals surface area contributed by atoms with Crippen LogP contribution in [0.2, 0.25) is 5.02 Å². The molecule has 0 aliphatic heterocycles. The third-order valence-corrected chi connectivity index (χ3v) is 3.64.